The Hall–Kier alpha value is -3.38. The Bertz CT molecular complexity index is 1120. The van der Waals surface area contributed by atoms with Crippen molar-refractivity contribution >= 4 is 23.8 Å². The van der Waals surface area contributed by atoms with Gasteiger partial charge in [0.2, 0.25) is 5.91 Å². The first-order chi connectivity index (χ1) is 19.8. The maximum Gasteiger partial charge on any atom is 0.329 e. The molecule has 1 aromatic carbocycles. The SMILES string of the molecule is C#CCCC[C@H](O)C(C)(C)C(=O)N[C@H](C(=O)O[C@H](C(=O)N(C)[C@H](Cc1ccccc1)C(=O)OC(C)(C)C)C(C)C)C(C)C. The summed E-state index contributed by atoms with van der Waals surface area (Å²) in [5.74, 6) is -0.731. The number of carbonyl (C=O) groups is 4. The lowest BCUT2D eigenvalue weighted by atomic mass is 9.82. The molecule has 1 aromatic rings. The molecule has 240 valence electrons. The van der Waals surface area contributed by atoms with Gasteiger partial charge >= 0.3 is 11.9 Å². The Morgan fingerprint density at radius 1 is 0.977 bits per heavy atom. The van der Waals surface area contributed by atoms with Crippen LogP contribution in [-0.4, -0.2) is 70.7 Å². The number of amides is 2. The third-order valence-corrected chi connectivity index (χ3v) is 7.28. The fourth-order valence-corrected chi connectivity index (χ4v) is 4.34. The van der Waals surface area contributed by atoms with Crippen LogP contribution in [0.25, 0.3) is 0 Å². The highest BCUT2D eigenvalue weighted by Crippen LogP contribution is 2.26. The third-order valence-electron chi connectivity index (χ3n) is 7.28. The van der Waals surface area contributed by atoms with Crippen LogP contribution in [0.5, 0.6) is 0 Å². The molecule has 0 radical (unpaired) electrons. The maximum atomic E-state index is 13.8. The molecule has 1 rings (SSSR count). The largest absolute Gasteiger partial charge is 0.458 e. The Balaban J connectivity index is 3.20. The maximum absolute atomic E-state index is 13.8. The number of nitrogens with zero attached hydrogens (tertiary/aromatic N) is 1. The van der Waals surface area contributed by atoms with E-state index < -0.39 is 65.0 Å². The van der Waals surface area contributed by atoms with Gasteiger partial charge in [0.15, 0.2) is 6.10 Å². The van der Waals surface area contributed by atoms with E-state index in [1.54, 1.807) is 62.3 Å². The summed E-state index contributed by atoms with van der Waals surface area (Å²) in [7, 11) is 1.49. The summed E-state index contributed by atoms with van der Waals surface area (Å²) in [6.07, 6.45) is 4.68. The van der Waals surface area contributed by atoms with E-state index in [1.165, 1.54) is 11.9 Å². The van der Waals surface area contributed by atoms with Crippen LogP contribution >= 0.6 is 0 Å². The van der Waals surface area contributed by atoms with Gasteiger partial charge in [0.1, 0.15) is 17.7 Å². The summed E-state index contributed by atoms with van der Waals surface area (Å²) in [5.41, 5.74) is -1.14. The molecule has 0 fully saturated rings. The summed E-state index contributed by atoms with van der Waals surface area (Å²) >= 11 is 0. The van der Waals surface area contributed by atoms with E-state index in [0.29, 0.717) is 19.3 Å². The number of likely N-dealkylation sites (N-methyl/N-ethyl adjacent to an activating group) is 1. The highest BCUT2D eigenvalue weighted by atomic mass is 16.6. The van der Waals surface area contributed by atoms with E-state index in [-0.39, 0.29) is 12.3 Å². The monoisotopic (exact) mass is 600 g/mol. The van der Waals surface area contributed by atoms with Crippen molar-refractivity contribution in [1.82, 2.24) is 10.2 Å². The molecule has 0 unspecified atom stereocenters. The molecule has 2 amide bonds. The zero-order valence-electron chi connectivity index (χ0n) is 27.6. The Morgan fingerprint density at radius 2 is 1.56 bits per heavy atom. The van der Waals surface area contributed by atoms with Crippen LogP contribution < -0.4 is 5.32 Å². The molecule has 9 nitrogen and oxygen atoms in total. The van der Waals surface area contributed by atoms with Gasteiger partial charge in [-0.1, -0.05) is 58.0 Å². The average molecular weight is 601 g/mol. The molecule has 0 bridgehead atoms. The predicted molar refractivity (Wildman–Crippen MR) is 167 cm³/mol. The summed E-state index contributed by atoms with van der Waals surface area (Å²) in [5, 5.41) is 13.4. The Labute approximate surface area is 258 Å². The molecule has 0 spiro atoms. The van der Waals surface area contributed by atoms with Crippen molar-refractivity contribution in [2.75, 3.05) is 7.05 Å². The van der Waals surface area contributed by atoms with Gasteiger partial charge in [-0.3, -0.25) is 9.59 Å². The topological polar surface area (TPSA) is 122 Å². The highest BCUT2D eigenvalue weighted by molar-refractivity contribution is 5.91. The van der Waals surface area contributed by atoms with Gasteiger partial charge in [-0.15, -0.1) is 12.3 Å². The van der Waals surface area contributed by atoms with E-state index in [2.05, 4.69) is 11.2 Å². The van der Waals surface area contributed by atoms with Crippen molar-refractivity contribution in [2.24, 2.45) is 17.3 Å². The summed E-state index contributed by atoms with van der Waals surface area (Å²) < 4.78 is 11.4. The minimum absolute atomic E-state index is 0.209. The lowest BCUT2D eigenvalue weighted by molar-refractivity contribution is -0.172. The number of rotatable bonds is 15. The molecule has 9 heteroatoms. The molecule has 0 aliphatic carbocycles. The zero-order valence-corrected chi connectivity index (χ0v) is 27.6. The minimum atomic E-state index is -1.22. The van der Waals surface area contributed by atoms with Crippen LogP contribution in [-0.2, 0) is 35.1 Å². The van der Waals surface area contributed by atoms with Gasteiger partial charge in [-0.05, 0) is 64.9 Å². The number of aliphatic hydroxyl groups excluding tert-OH is 1. The van der Waals surface area contributed by atoms with Gasteiger partial charge < -0.3 is 24.8 Å². The molecular weight excluding hydrogens is 548 g/mol. The van der Waals surface area contributed by atoms with Crippen LogP contribution in [0.2, 0.25) is 0 Å². The molecule has 0 aromatic heterocycles. The van der Waals surface area contributed by atoms with E-state index in [1.807, 2.05) is 30.3 Å². The van der Waals surface area contributed by atoms with E-state index >= 15 is 0 Å². The van der Waals surface area contributed by atoms with Crippen LogP contribution in [0.15, 0.2) is 30.3 Å². The second-order valence-electron chi connectivity index (χ2n) is 13.3. The van der Waals surface area contributed by atoms with Gasteiger partial charge in [0.05, 0.1) is 11.5 Å². The van der Waals surface area contributed by atoms with Crippen molar-refractivity contribution in [1.29, 1.82) is 0 Å². The second kappa shape index (κ2) is 16.5. The van der Waals surface area contributed by atoms with Crippen LogP contribution in [0.3, 0.4) is 0 Å². The normalized spacial score (nSPS) is 14.7. The molecule has 43 heavy (non-hydrogen) atoms. The Kier molecular flexibility index (Phi) is 14.4. The van der Waals surface area contributed by atoms with Crippen LogP contribution in [0.1, 0.15) is 87.1 Å². The lowest BCUT2D eigenvalue weighted by Gasteiger charge is -2.34. The number of hydrogen-bond donors (Lipinski definition) is 2. The number of unbranched alkanes of at least 4 members (excludes halogenated alkanes) is 1. The molecular formula is C34H52N2O7. The number of aliphatic hydroxyl groups is 1. The van der Waals surface area contributed by atoms with Crippen molar-refractivity contribution in [3.05, 3.63) is 35.9 Å². The fourth-order valence-electron chi connectivity index (χ4n) is 4.34. The van der Waals surface area contributed by atoms with Crippen LogP contribution in [0, 0.1) is 29.6 Å². The van der Waals surface area contributed by atoms with Crippen molar-refractivity contribution in [3.63, 3.8) is 0 Å². The van der Waals surface area contributed by atoms with Gasteiger partial charge in [0.25, 0.3) is 5.91 Å². The minimum Gasteiger partial charge on any atom is -0.458 e. The standard InChI is InChI=1S/C34H52N2O7/c1-12-13-15-20-26(37)34(9,10)32(41)35-27(22(2)3)31(40)42-28(23(4)5)29(38)36(11)25(30(39)43-33(6,7)8)21-24-18-16-14-17-19-24/h1,14,16-19,22-23,25-28,37H,13,15,20-21H2,2-11H3,(H,35,41)/t25-,26+,27+,28+/m1/s1. The van der Waals surface area contributed by atoms with Gasteiger partial charge in [0, 0.05) is 19.9 Å². The molecule has 0 saturated heterocycles. The molecule has 4 atom stereocenters. The zero-order chi connectivity index (χ0) is 33.1. The van der Waals surface area contributed by atoms with Gasteiger partial charge in [-0.2, -0.15) is 0 Å². The first-order valence-electron chi connectivity index (χ1n) is 15.0. The van der Waals surface area contributed by atoms with Crippen molar-refractivity contribution in [3.8, 4) is 12.3 Å². The lowest BCUT2D eigenvalue weighted by Crippen LogP contribution is -2.55. The van der Waals surface area contributed by atoms with Crippen LogP contribution in [0.4, 0.5) is 0 Å². The Morgan fingerprint density at radius 3 is 2.05 bits per heavy atom. The number of esters is 2. The number of ether oxygens (including phenoxy) is 2. The molecule has 0 heterocycles. The first kappa shape index (κ1) is 37.6. The van der Waals surface area contributed by atoms with Crippen molar-refractivity contribution in [2.45, 2.75) is 118 Å². The fraction of sp³-hybridized carbons (Fsp3) is 0.647. The van der Waals surface area contributed by atoms with Crippen molar-refractivity contribution < 1.29 is 33.8 Å². The predicted octanol–water partition coefficient (Wildman–Crippen LogP) is 4.30. The number of nitrogens with one attached hydrogen (secondary N) is 1. The number of benzene rings is 1. The molecule has 0 saturated carbocycles. The smallest absolute Gasteiger partial charge is 0.329 e. The number of terminal acetylenes is 1. The summed E-state index contributed by atoms with van der Waals surface area (Å²) in [4.78, 5) is 55.1. The van der Waals surface area contributed by atoms with E-state index in [9.17, 15) is 24.3 Å². The third kappa shape index (κ3) is 11.7. The second-order valence-corrected chi connectivity index (χ2v) is 13.3. The first-order valence-corrected chi connectivity index (χ1v) is 15.0. The molecule has 0 aliphatic rings. The average Bonchev–Trinajstić information content (AvgIpc) is 2.91. The summed E-state index contributed by atoms with van der Waals surface area (Å²) in [6.45, 7) is 15.4. The van der Waals surface area contributed by atoms with Gasteiger partial charge in [-0.25, -0.2) is 9.59 Å². The summed E-state index contributed by atoms with van der Waals surface area (Å²) in [6, 6.07) is 7.24. The number of hydrogen-bond acceptors (Lipinski definition) is 7. The van der Waals surface area contributed by atoms with E-state index in [0.717, 1.165) is 5.56 Å². The highest BCUT2D eigenvalue weighted by Gasteiger charge is 2.41. The quantitative estimate of drug-likeness (QED) is 0.175. The number of carbonyl (C=O) groups excluding carboxylic acids is 4. The molecule has 0 aliphatic heterocycles. The van der Waals surface area contributed by atoms with E-state index in [4.69, 9.17) is 15.9 Å². The molecule has 2 N–H and O–H groups in total.